The van der Waals surface area contributed by atoms with Crippen LogP contribution in [0.3, 0.4) is 0 Å². The van der Waals surface area contributed by atoms with E-state index in [9.17, 15) is 26.4 Å². The third-order valence-electron chi connectivity index (χ3n) is 11.5. The van der Waals surface area contributed by atoms with E-state index in [4.69, 9.17) is 10.8 Å². The van der Waals surface area contributed by atoms with Crippen molar-refractivity contribution in [1.29, 1.82) is 0 Å². The first kappa shape index (κ1) is 47.0. The Morgan fingerprint density at radius 1 is 0.667 bits per heavy atom. The fourth-order valence-electron chi connectivity index (χ4n) is 8.27. The summed E-state index contributed by atoms with van der Waals surface area (Å²) in [7, 11) is -7.62. The van der Waals surface area contributed by atoms with Gasteiger partial charge < -0.3 is 10.8 Å². The molecule has 338 valence electrons. The van der Waals surface area contributed by atoms with Gasteiger partial charge >= 0.3 is 0 Å². The topological polar surface area (TPSA) is 232 Å². The Morgan fingerprint density at radius 2 is 1.05 bits per heavy atom. The van der Waals surface area contributed by atoms with Gasteiger partial charge in [0, 0.05) is 49.5 Å². The number of hydrogen-bond acceptors (Lipinski definition) is 12. The lowest BCUT2D eigenvalue weighted by Gasteiger charge is -2.24. The Labute approximate surface area is 370 Å². The molecule has 2 spiro atoms. The van der Waals surface area contributed by atoms with Crippen molar-refractivity contribution in [3.8, 4) is 0 Å². The minimum Gasteiger partial charge on any atom is -0.397 e. The van der Waals surface area contributed by atoms with Crippen LogP contribution in [0, 0.1) is 10.8 Å². The van der Waals surface area contributed by atoms with E-state index in [0.29, 0.717) is 49.4 Å². The first-order valence-corrected chi connectivity index (χ1v) is 24.4. The van der Waals surface area contributed by atoms with Crippen LogP contribution in [0.15, 0.2) is 103 Å². The predicted octanol–water partition coefficient (Wildman–Crippen LogP) is 4.66. The van der Waals surface area contributed by atoms with Crippen molar-refractivity contribution in [2.24, 2.45) is 36.8 Å². The molecule has 19 heteroatoms. The Bertz CT molecular complexity index is 2410. The zero-order valence-electron chi connectivity index (χ0n) is 36.1. The highest BCUT2D eigenvalue weighted by Crippen LogP contribution is 2.41. The quantitative estimate of drug-likeness (QED) is 0.132. The van der Waals surface area contributed by atoms with Gasteiger partial charge in [0.1, 0.15) is 0 Å². The van der Waals surface area contributed by atoms with Gasteiger partial charge in [-0.1, -0.05) is 62.1 Å². The molecule has 5 N–H and O–H groups in total. The number of amides is 2. The number of hydrogen-bond donors (Lipinski definition) is 4. The van der Waals surface area contributed by atoms with Gasteiger partial charge in [0.25, 0.3) is 31.9 Å². The van der Waals surface area contributed by atoms with Crippen molar-refractivity contribution in [1.82, 2.24) is 24.4 Å². The lowest BCUT2D eigenvalue weighted by molar-refractivity contribution is 0.0642. The maximum Gasteiger partial charge on any atom is 0.264 e. The Balaban J connectivity index is 0.000000208. The fraction of sp³-hybridized carbons (Fsp3) is 0.455. The van der Waals surface area contributed by atoms with Gasteiger partial charge in [0.2, 0.25) is 11.9 Å². The monoisotopic (exact) mass is 902 g/mol. The Kier molecular flexibility index (Phi) is 15.2. The van der Waals surface area contributed by atoms with E-state index in [0.717, 1.165) is 44.1 Å². The van der Waals surface area contributed by atoms with Crippen molar-refractivity contribution >= 4 is 56.2 Å². The predicted molar refractivity (Wildman–Crippen MR) is 243 cm³/mol. The summed E-state index contributed by atoms with van der Waals surface area (Å²) in [6.07, 6.45) is 12.9. The maximum absolute atomic E-state index is 13.1. The molecule has 8 rings (SSSR count). The Hall–Kier alpha value is -5.50. The van der Waals surface area contributed by atoms with Crippen molar-refractivity contribution in [3.05, 3.63) is 95.1 Å². The highest BCUT2D eigenvalue weighted by molar-refractivity contribution is 7.90. The number of carbonyl (C=O) groups excluding carboxylic acids is 2. The molecule has 2 saturated carbocycles. The number of nitrogens with zero attached hydrogens (tertiary/aromatic N) is 7. The van der Waals surface area contributed by atoms with E-state index >= 15 is 0 Å². The van der Waals surface area contributed by atoms with Crippen molar-refractivity contribution in [2.45, 2.75) is 95.0 Å². The zero-order chi connectivity index (χ0) is 45.3. The van der Waals surface area contributed by atoms with Gasteiger partial charge in [-0.2, -0.15) is 10.2 Å². The van der Waals surface area contributed by atoms with Gasteiger partial charge in [-0.05, 0) is 94.0 Å². The number of fused-ring (bicyclic) bond motifs is 1. The number of rotatable bonds is 9. The molecule has 2 amide bonds. The van der Waals surface area contributed by atoms with Gasteiger partial charge in [0.05, 0.1) is 40.6 Å². The smallest absolute Gasteiger partial charge is 0.264 e. The van der Waals surface area contributed by atoms with Crippen molar-refractivity contribution < 1.29 is 31.5 Å². The van der Waals surface area contributed by atoms with E-state index in [1.54, 1.807) is 77.6 Å². The third kappa shape index (κ3) is 11.0. The normalized spacial score (nSPS) is 18.8. The van der Waals surface area contributed by atoms with Crippen LogP contribution in [-0.4, -0.2) is 106 Å². The van der Waals surface area contributed by atoms with Gasteiger partial charge in [-0.3, -0.25) is 24.5 Å². The number of sulfonamides is 2. The van der Waals surface area contributed by atoms with E-state index in [-0.39, 0.29) is 57.5 Å². The largest absolute Gasteiger partial charge is 0.397 e. The number of nitrogens with one attached hydrogen (secondary N) is 2. The Morgan fingerprint density at radius 3 is 1.41 bits per heavy atom. The summed E-state index contributed by atoms with van der Waals surface area (Å²) in [5, 5.41) is 19.8. The molecule has 17 nitrogen and oxygen atoms in total. The SMILES string of the molecule is CCN=C(NS(=O)(=O)c1ccc(CN)cc1)N1CC2(C=N1)CCCC2.CCN=C(NS(=O)(=O)c1ccc(CN2C(=O)c3ccccc3C2=O)cc1)N1CC2(C=N1)CCCC2.CCO. The molecule has 3 aromatic rings. The molecule has 3 heterocycles. The molecule has 63 heavy (non-hydrogen) atoms. The molecule has 0 aromatic heterocycles. The second-order valence-corrected chi connectivity index (χ2v) is 19.5. The molecule has 0 unspecified atom stereocenters. The standard InChI is InChI=1S/C25H27N5O4S.C17H25N5O2S.C2H6O/c1-2-26-24(30-17-25(16-27-30)13-5-6-14-25)28-35(33,34)19-11-9-18(10-12-19)15-29-22(31)20-7-3-4-8-21(20)23(29)32;1-2-19-16(22-13-17(12-20-22)9-3-4-10-17)21-25(23,24)15-7-5-14(11-18)6-8-15;1-2-3/h3-4,7-12,16H,2,5-6,13-15,17H2,1H3,(H,26,28);5-8,12H,2-4,9-11,13,18H2,1H3,(H,19,21);3H,2H2,1H3. The molecule has 3 aliphatic heterocycles. The zero-order valence-corrected chi connectivity index (χ0v) is 37.7. The average Bonchev–Trinajstić information content (AvgIpc) is 4.15. The van der Waals surface area contributed by atoms with Gasteiger partial charge in [0.15, 0.2) is 0 Å². The highest BCUT2D eigenvalue weighted by atomic mass is 32.2. The molecule has 0 saturated heterocycles. The molecule has 5 aliphatic rings. The molecule has 0 atom stereocenters. The average molecular weight is 903 g/mol. The van der Waals surface area contributed by atoms with Crippen LogP contribution in [-0.2, 0) is 33.1 Å². The number of aliphatic imine (C=N–C) groups is 2. The number of aliphatic hydroxyl groups is 1. The number of aliphatic hydroxyl groups excluding tert-OH is 1. The molecule has 2 aliphatic carbocycles. The number of imide groups is 1. The maximum atomic E-state index is 13.1. The van der Waals surface area contributed by atoms with Crippen LogP contribution in [0.2, 0.25) is 0 Å². The third-order valence-corrected chi connectivity index (χ3v) is 14.2. The molecule has 0 bridgehead atoms. The summed E-state index contributed by atoms with van der Waals surface area (Å²) in [6, 6.07) is 19.4. The van der Waals surface area contributed by atoms with Crippen LogP contribution < -0.4 is 15.2 Å². The van der Waals surface area contributed by atoms with E-state index in [1.165, 1.54) is 29.9 Å². The fourth-order valence-corrected chi connectivity index (χ4v) is 10.3. The molecule has 3 aromatic carbocycles. The minimum absolute atomic E-state index is 0.00566. The van der Waals surface area contributed by atoms with Crippen LogP contribution >= 0.6 is 0 Å². The number of carbonyl (C=O) groups is 2. The number of nitrogens with two attached hydrogens (primary N) is 1. The number of hydrazone groups is 2. The van der Waals surface area contributed by atoms with E-state index in [1.807, 2.05) is 26.3 Å². The van der Waals surface area contributed by atoms with Crippen LogP contribution in [0.25, 0.3) is 0 Å². The number of guanidine groups is 2. The van der Waals surface area contributed by atoms with E-state index in [2.05, 4.69) is 29.6 Å². The summed E-state index contributed by atoms with van der Waals surface area (Å²) in [6.45, 7) is 8.27. The van der Waals surface area contributed by atoms with Gasteiger partial charge in [-0.15, -0.1) is 0 Å². The highest BCUT2D eigenvalue weighted by Gasteiger charge is 2.41. The lowest BCUT2D eigenvalue weighted by atomic mass is 9.88. The summed E-state index contributed by atoms with van der Waals surface area (Å²) in [5.41, 5.74) is 7.93. The van der Waals surface area contributed by atoms with Crippen molar-refractivity contribution in [2.75, 3.05) is 32.8 Å². The molecule has 2 fully saturated rings. The second-order valence-electron chi connectivity index (χ2n) is 16.1. The molecular formula is C44H58N10O7S2. The van der Waals surface area contributed by atoms with E-state index < -0.39 is 20.0 Å². The second kappa shape index (κ2) is 20.3. The first-order chi connectivity index (χ1) is 30.2. The van der Waals surface area contributed by atoms with Crippen LogP contribution in [0.5, 0.6) is 0 Å². The first-order valence-electron chi connectivity index (χ1n) is 21.5. The van der Waals surface area contributed by atoms with Crippen molar-refractivity contribution in [3.63, 3.8) is 0 Å². The molecular weight excluding hydrogens is 845 g/mol. The number of benzene rings is 3. The molecule has 0 radical (unpaired) electrons. The lowest BCUT2D eigenvalue weighted by Crippen LogP contribution is -2.43. The summed E-state index contributed by atoms with van der Waals surface area (Å²) >= 11 is 0. The minimum atomic E-state index is -3.91. The van der Waals surface area contributed by atoms with Crippen LogP contribution in [0.4, 0.5) is 0 Å². The summed E-state index contributed by atoms with van der Waals surface area (Å²) in [4.78, 5) is 35.3. The van der Waals surface area contributed by atoms with Gasteiger partial charge in [-0.25, -0.2) is 36.3 Å². The summed E-state index contributed by atoms with van der Waals surface area (Å²) < 4.78 is 56.8. The van der Waals surface area contributed by atoms with Crippen LogP contribution in [0.1, 0.15) is 104 Å². The summed E-state index contributed by atoms with van der Waals surface area (Å²) in [5.74, 6) is -0.209.